The van der Waals surface area contributed by atoms with Crippen LogP contribution >= 0.6 is 11.3 Å². The molecule has 0 aliphatic heterocycles. The minimum Gasteiger partial charge on any atom is -0.192 e. The first-order valence-electron chi connectivity index (χ1n) is 16.5. The van der Waals surface area contributed by atoms with Crippen LogP contribution in [0.25, 0.3) is 85.9 Å². The van der Waals surface area contributed by atoms with Crippen molar-refractivity contribution in [2.75, 3.05) is 0 Å². The van der Waals surface area contributed by atoms with Gasteiger partial charge in [0.25, 0.3) is 0 Å². The number of thiophene rings is 1. The lowest BCUT2D eigenvalue weighted by molar-refractivity contribution is 0.661. The molecule has 0 spiro atoms. The number of fused-ring (bicyclic) bond motifs is 10. The lowest BCUT2D eigenvalue weighted by Gasteiger charge is -2.23. The van der Waals surface area contributed by atoms with Crippen LogP contribution in [0.4, 0.5) is 0 Å². The molecule has 0 bridgehead atoms. The number of nitriles is 1. The van der Waals surface area contributed by atoms with Crippen LogP contribution in [0.1, 0.15) is 30.5 Å². The Hall–Kier alpha value is -5.75. The third-order valence-corrected chi connectivity index (χ3v) is 11.9. The van der Waals surface area contributed by atoms with E-state index in [1.54, 1.807) is 0 Å². The summed E-state index contributed by atoms with van der Waals surface area (Å²) < 4.78 is 2.48. The molecular weight excluding hydrogens is 599 g/mol. The molecule has 0 radical (unpaired) electrons. The van der Waals surface area contributed by atoms with Crippen molar-refractivity contribution in [2.24, 2.45) is 0 Å². The van der Waals surface area contributed by atoms with Gasteiger partial charge >= 0.3 is 0 Å². The predicted octanol–water partition coefficient (Wildman–Crippen LogP) is 13.0. The molecule has 224 valence electrons. The molecule has 0 saturated heterocycles. The summed E-state index contributed by atoms with van der Waals surface area (Å²) in [7, 11) is 0. The van der Waals surface area contributed by atoms with E-state index in [9.17, 15) is 5.26 Å². The maximum absolute atomic E-state index is 9.55. The first kappa shape index (κ1) is 27.4. The summed E-state index contributed by atoms with van der Waals surface area (Å²) >= 11 is 1.81. The van der Waals surface area contributed by atoms with E-state index in [1.807, 2.05) is 23.5 Å². The normalized spacial score (nSPS) is 13.4. The summed E-state index contributed by atoms with van der Waals surface area (Å²) in [6, 6.07) is 53.5. The maximum Gasteiger partial charge on any atom is 0.0992 e. The van der Waals surface area contributed by atoms with Crippen molar-refractivity contribution in [2.45, 2.75) is 19.3 Å². The van der Waals surface area contributed by atoms with Crippen LogP contribution in [0.3, 0.4) is 0 Å². The fraction of sp³-hybridized carbons (Fsp3) is 0.0652. The Morgan fingerprint density at radius 2 is 1.15 bits per heavy atom. The Bertz CT molecular complexity index is 2820. The van der Waals surface area contributed by atoms with Crippen molar-refractivity contribution in [3.63, 3.8) is 0 Å². The Morgan fingerprint density at radius 1 is 0.500 bits per heavy atom. The van der Waals surface area contributed by atoms with Crippen molar-refractivity contribution in [3.8, 4) is 39.4 Å². The van der Waals surface area contributed by atoms with Gasteiger partial charge in [-0.05, 0) is 89.5 Å². The standard InChI is InChI=1S/C46H29NS/c1-46(2)39-23-22-37-31-20-18-27(26-47)24-41(31)48-45(37)44(39)38-21-19-29(25-40(38)46)42-33-13-5-7-15-35(33)43(36-16-8-6-14-34(36)42)32-17-9-11-28-10-3-4-12-30(28)32/h3-25H,1-2H3. The molecule has 10 rings (SSSR count). The highest BCUT2D eigenvalue weighted by molar-refractivity contribution is 7.26. The van der Waals surface area contributed by atoms with Gasteiger partial charge in [0.2, 0.25) is 0 Å². The molecule has 1 nitrogen and oxygen atoms in total. The molecule has 0 atom stereocenters. The van der Waals surface area contributed by atoms with E-state index in [0.29, 0.717) is 5.56 Å². The zero-order chi connectivity index (χ0) is 32.1. The summed E-state index contributed by atoms with van der Waals surface area (Å²) in [6.45, 7) is 4.74. The molecule has 8 aromatic carbocycles. The molecule has 0 unspecified atom stereocenters. The molecule has 1 aliphatic rings. The van der Waals surface area contributed by atoms with E-state index in [4.69, 9.17) is 0 Å². The van der Waals surface area contributed by atoms with Crippen LogP contribution in [0.2, 0.25) is 0 Å². The summed E-state index contributed by atoms with van der Waals surface area (Å²) in [5.41, 5.74) is 11.1. The van der Waals surface area contributed by atoms with Gasteiger partial charge in [0.15, 0.2) is 0 Å². The highest BCUT2D eigenvalue weighted by atomic mass is 32.1. The average Bonchev–Trinajstić information content (AvgIpc) is 3.61. The van der Waals surface area contributed by atoms with Gasteiger partial charge < -0.3 is 0 Å². The van der Waals surface area contributed by atoms with Crippen molar-refractivity contribution in [3.05, 3.63) is 156 Å². The fourth-order valence-electron chi connectivity index (χ4n) is 8.45. The molecule has 1 aliphatic carbocycles. The van der Waals surface area contributed by atoms with Gasteiger partial charge in [0, 0.05) is 31.2 Å². The van der Waals surface area contributed by atoms with Crippen LogP contribution < -0.4 is 0 Å². The Morgan fingerprint density at radius 3 is 1.88 bits per heavy atom. The van der Waals surface area contributed by atoms with E-state index in [0.717, 1.165) is 0 Å². The van der Waals surface area contributed by atoms with E-state index >= 15 is 0 Å². The monoisotopic (exact) mass is 627 g/mol. The summed E-state index contributed by atoms with van der Waals surface area (Å²) in [4.78, 5) is 0. The van der Waals surface area contributed by atoms with Gasteiger partial charge in [-0.15, -0.1) is 11.3 Å². The number of nitrogens with zero attached hydrogens (tertiary/aromatic N) is 1. The molecule has 1 aromatic heterocycles. The molecule has 9 aromatic rings. The number of rotatable bonds is 2. The van der Waals surface area contributed by atoms with Gasteiger partial charge in [-0.1, -0.05) is 135 Å². The summed E-state index contributed by atoms with van der Waals surface area (Å²) in [5, 5.41) is 19.7. The highest BCUT2D eigenvalue weighted by Gasteiger charge is 2.37. The van der Waals surface area contributed by atoms with Crippen molar-refractivity contribution in [1.29, 1.82) is 5.26 Å². The molecule has 2 heteroatoms. The van der Waals surface area contributed by atoms with Gasteiger partial charge in [-0.3, -0.25) is 0 Å². The Kier molecular flexibility index (Phi) is 5.63. The van der Waals surface area contributed by atoms with Crippen LogP contribution in [0.5, 0.6) is 0 Å². The SMILES string of the molecule is CC1(C)c2cc(-c3c4ccccc4c(-c4cccc5ccccc45)c4ccccc34)ccc2-c2c1ccc1c2sc2cc(C#N)ccc21. The molecule has 0 N–H and O–H groups in total. The minimum absolute atomic E-state index is 0.155. The smallest absolute Gasteiger partial charge is 0.0992 e. The van der Waals surface area contributed by atoms with E-state index in [1.165, 1.54) is 97.0 Å². The Balaban J connectivity index is 1.25. The van der Waals surface area contributed by atoms with Crippen molar-refractivity contribution >= 4 is 63.8 Å². The second-order valence-corrected chi connectivity index (χ2v) is 14.6. The largest absolute Gasteiger partial charge is 0.192 e. The highest BCUT2D eigenvalue weighted by Crippen LogP contribution is 2.55. The van der Waals surface area contributed by atoms with Gasteiger partial charge in [-0.25, -0.2) is 0 Å². The molecule has 0 fully saturated rings. The zero-order valence-corrected chi connectivity index (χ0v) is 27.5. The summed E-state index contributed by atoms with van der Waals surface area (Å²) in [5.74, 6) is 0. The number of hydrogen-bond acceptors (Lipinski definition) is 2. The summed E-state index contributed by atoms with van der Waals surface area (Å²) in [6.07, 6.45) is 0. The van der Waals surface area contributed by atoms with Crippen LogP contribution in [0.15, 0.2) is 140 Å². The third kappa shape index (κ3) is 3.66. The van der Waals surface area contributed by atoms with Gasteiger partial charge in [-0.2, -0.15) is 5.26 Å². The topological polar surface area (TPSA) is 23.8 Å². The van der Waals surface area contributed by atoms with Crippen molar-refractivity contribution in [1.82, 2.24) is 0 Å². The number of benzene rings is 8. The number of hydrogen-bond donors (Lipinski definition) is 0. The third-order valence-electron chi connectivity index (χ3n) is 10.7. The van der Waals surface area contributed by atoms with E-state index in [-0.39, 0.29) is 5.41 Å². The van der Waals surface area contributed by atoms with Crippen molar-refractivity contribution < 1.29 is 0 Å². The molecule has 1 heterocycles. The van der Waals surface area contributed by atoms with Crippen LogP contribution in [-0.2, 0) is 5.41 Å². The molecule has 48 heavy (non-hydrogen) atoms. The fourth-order valence-corrected chi connectivity index (χ4v) is 9.75. The molecule has 0 amide bonds. The molecular formula is C46H29NS. The van der Waals surface area contributed by atoms with E-state index in [2.05, 4.69) is 147 Å². The van der Waals surface area contributed by atoms with Crippen LogP contribution in [-0.4, -0.2) is 0 Å². The first-order chi connectivity index (χ1) is 23.5. The lowest BCUT2D eigenvalue weighted by Crippen LogP contribution is -2.15. The second-order valence-electron chi connectivity index (χ2n) is 13.5. The molecule has 0 saturated carbocycles. The quantitative estimate of drug-likeness (QED) is 0.175. The maximum atomic E-state index is 9.55. The van der Waals surface area contributed by atoms with Gasteiger partial charge in [0.05, 0.1) is 11.6 Å². The van der Waals surface area contributed by atoms with E-state index < -0.39 is 0 Å². The van der Waals surface area contributed by atoms with Crippen LogP contribution in [0, 0.1) is 11.3 Å². The first-order valence-corrected chi connectivity index (χ1v) is 17.3. The Labute approximate surface area is 282 Å². The second kappa shape index (κ2) is 9.88. The zero-order valence-electron chi connectivity index (χ0n) is 26.6. The lowest BCUT2D eigenvalue weighted by atomic mass is 9.80. The average molecular weight is 628 g/mol. The predicted molar refractivity (Wildman–Crippen MR) is 205 cm³/mol. The minimum atomic E-state index is -0.155. The van der Waals surface area contributed by atoms with Gasteiger partial charge in [0.1, 0.15) is 0 Å².